The van der Waals surface area contributed by atoms with Crippen LogP contribution in [0.1, 0.15) is 12.0 Å². The molecule has 7 heteroatoms. The minimum atomic E-state index is -3.49. The minimum absolute atomic E-state index is 0.198. The molecule has 4 nitrogen and oxygen atoms in total. The summed E-state index contributed by atoms with van der Waals surface area (Å²) in [7, 11) is -3.49. The lowest BCUT2D eigenvalue weighted by molar-refractivity contribution is 0.442. The number of hydrogen-bond acceptors (Lipinski definition) is 4. The molecule has 0 bridgehead atoms. The molecular formula is C14H13ClN2O2S2. The molecule has 0 unspecified atom stereocenters. The van der Waals surface area contributed by atoms with Crippen molar-refractivity contribution in [2.24, 2.45) is 0 Å². The number of halogens is 1. The monoisotopic (exact) mass is 340 g/mol. The van der Waals surface area contributed by atoms with Gasteiger partial charge in [-0.25, -0.2) is 13.4 Å². The largest absolute Gasteiger partial charge is 0.254 e. The van der Waals surface area contributed by atoms with Crippen LogP contribution in [0, 0.1) is 0 Å². The van der Waals surface area contributed by atoms with Crippen LogP contribution in [-0.4, -0.2) is 30.8 Å². The van der Waals surface area contributed by atoms with E-state index in [4.69, 9.17) is 11.6 Å². The smallest absolute Gasteiger partial charge is 0.232 e. The number of aromatic nitrogens is 1. The van der Waals surface area contributed by atoms with Crippen molar-refractivity contribution < 1.29 is 8.42 Å². The summed E-state index contributed by atoms with van der Waals surface area (Å²) in [6.07, 6.45) is 3.99. The van der Waals surface area contributed by atoms with Gasteiger partial charge in [-0.3, -0.25) is 0 Å². The van der Waals surface area contributed by atoms with Crippen LogP contribution in [0.4, 0.5) is 0 Å². The van der Waals surface area contributed by atoms with Crippen molar-refractivity contribution >= 4 is 38.5 Å². The van der Waals surface area contributed by atoms with Crippen molar-refractivity contribution in [3.63, 3.8) is 0 Å². The third-order valence-electron chi connectivity index (χ3n) is 3.37. The zero-order chi connectivity index (χ0) is 14.9. The molecule has 0 radical (unpaired) electrons. The van der Waals surface area contributed by atoms with E-state index in [1.807, 2.05) is 36.4 Å². The van der Waals surface area contributed by atoms with E-state index in [0.717, 1.165) is 16.9 Å². The summed E-state index contributed by atoms with van der Waals surface area (Å²) in [6.45, 7) is 0.848. The van der Waals surface area contributed by atoms with E-state index in [0.29, 0.717) is 19.5 Å². The van der Waals surface area contributed by atoms with Crippen LogP contribution in [0.15, 0.2) is 46.8 Å². The van der Waals surface area contributed by atoms with Crippen molar-refractivity contribution in [3.8, 4) is 0 Å². The molecule has 0 saturated carbocycles. The van der Waals surface area contributed by atoms with Crippen LogP contribution >= 0.6 is 22.9 Å². The fourth-order valence-electron chi connectivity index (χ4n) is 2.27. The van der Waals surface area contributed by atoms with E-state index in [1.54, 1.807) is 0 Å². The molecule has 1 aromatic carbocycles. The Morgan fingerprint density at radius 2 is 2.00 bits per heavy atom. The van der Waals surface area contributed by atoms with Crippen LogP contribution in [0.5, 0.6) is 0 Å². The first-order chi connectivity index (χ1) is 10.1. The first-order valence-electron chi connectivity index (χ1n) is 6.43. The van der Waals surface area contributed by atoms with Crippen LogP contribution in [0.25, 0.3) is 5.57 Å². The van der Waals surface area contributed by atoms with Gasteiger partial charge in [-0.15, -0.1) is 0 Å². The summed E-state index contributed by atoms with van der Waals surface area (Å²) in [5, 5.41) is 0. The molecule has 3 rings (SSSR count). The Hall–Kier alpha value is -1.21. The maximum Gasteiger partial charge on any atom is 0.254 e. The van der Waals surface area contributed by atoms with Gasteiger partial charge in [-0.1, -0.05) is 59.3 Å². The van der Waals surface area contributed by atoms with Gasteiger partial charge in [0, 0.05) is 13.1 Å². The SMILES string of the molecule is O=S(=O)(c1cnc(Cl)s1)N1CC=C(c2ccccc2)CC1. The van der Waals surface area contributed by atoms with Crippen molar-refractivity contribution in [1.29, 1.82) is 0 Å². The summed E-state index contributed by atoms with van der Waals surface area (Å²) in [6, 6.07) is 10.0. The van der Waals surface area contributed by atoms with Gasteiger partial charge in [-0.2, -0.15) is 4.31 Å². The van der Waals surface area contributed by atoms with Gasteiger partial charge < -0.3 is 0 Å². The lowest BCUT2D eigenvalue weighted by Crippen LogP contribution is -2.34. The van der Waals surface area contributed by atoms with Gasteiger partial charge in [-0.05, 0) is 17.6 Å². The summed E-state index contributed by atoms with van der Waals surface area (Å²) in [5.74, 6) is 0. The van der Waals surface area contributed by atoms with Gasteiger partial charge in [0.1, 0.15) is 0 Å². The average Bonchev–Trinajstić information content (AvgIpc) is 2.96. The maximum absolute atomic E-state index is 12.5. The fourth-order valence-corrected chi connectivity index (χ4v) is 5.10. The number of rotatable bonds is 3. The number of benzene rings is 1. The molecular weight excluding hydrogens is 328 g/mol. The third kappa shape index (κ3) is 3.03. The fraction of sp³-hybridized carbons (Fsp3) is 0.214. The van der Waals surface area contributed by atoms with Gasteiger partial charge in [0.15, 0.2) is 8.68 Å². The van der Waals surface area contributed by atoms with Gasteiger partial charge in [0.25, 0.3) is 10.0 Å². The number of nitrogens with zero attached hydrogens (tertiary/aromatic N) is 2. The van der Waals surface area contributed by atoms with Crippen LogP contribution < -0.4 is 0 Å². The van der Waals surface area contributed by atoms with E-state index in [1.165, 1.54) is 16.1 Å². The normalized spacial score (nSPS) is 16.7. The van der Waals surface area contributed by atoms with E-state index in [2.05, 4.69) is 4.98 Å². The Labute approximate surface area is 132 Å². The molecule has 21 heavy (non-hydrogen) atoms. The molecule has 0 fully saturated rings. The highest BCUT2D eigenvalue weighted by Crippen LogP contribution is 2.29. The lowest BCUT2D eigenvalue weighted by Gasteiger charge is -2.25. The number of hydrogen-bond donors (Lipinski definition) is 0. The van der Waals surface area contributed by atoms with E-state index >= 15 is 0 Å². The molecule has 0 saturated heterocycles. The molecule has 0 N–H and O–H groups in total. The van der Waals surface area contributed by atoms with Crippen molar-refractivity contribution in [1.82, 2.24) is 9.29 Å². The van der Waals surface area contributed by atoms with Crippen LogP contribution in [0.2, 0.25) is 4.47 Å². The van der Waals surface area contributed by atoms with Gasteiger partial charge in [0.2, 0.25) is 0 Å². The topological polar surface area (TPSA) is 50.3 Å². The molecule has 2 heterocycles. The predicted molar refractivity (Wildman–Crippen MR) is 84.9 cm³/mol. The number of sulfonamides is 1. The highest BCUT2D eigenvalue weighted by atomic mass is 35.5. The second kappa shape index (κ2) is 5.88. The molecule has 0 spiro atoms. The molecule has 1 aromatic heterocycles. The minimum Gasteiger partial charge on any atom is -0.232 e. The van der Waals surface area contributed by atoms with E-state index in [-0.39, 0.29) is 8.68 Å². The summed E-state index contributed by atoms with van der Waals surface area (Å²) >= 11 is 6.71. The van der Waals surface area contributed by atoms with Crippen LogP contribution in [-0.2, 0) is 10.0 Å². The average molecular weight is 341 g/mol. The summed E-state index contributed by atoms with van der Waals surface area (Å²) in [5.41, 5.74) is 2.33. The highest BCUT2D eigenvalue weighted by molar-refractivity contribution is 7.91. The van der Waals surface area contributed by atoms with Gasteiger partial charge >= 0.3 is 0 Å². The molecule has 110 valence electrons. The summed E-state index contributed by atoms with van der Waals surface area (Å²) < 4.78 is 26.8. The second-order valence-corrected chi connectivity index (χ2v) is 8.42. The highest BCUT2D eigenvalue weighted by Gasteiger charge is 2.28. The quantitative estimate of drug-likeness (QED) is 0.861. The molecule has 0 atom stereocenters. The molecule has 1 aliphatic heterocycles. The van der Waals surface area contributed by atoms with Crippen molar-refractivity contribution in [2.75, 3.05) is 13.1 Å². The van der Waals surface area contributed by atoms with E-state index in [9.17, 15) is 8.42 Å². The Kier molecular flexibility index (Phi) is 4.12. The third-order valence-corrected chi connectivity index (χ3v) is 6.78. The predicted octanol–water partition coefficient (Wildman–Crippen LogP) is 3.27. The second-order valence-electron chi connectivity index (χ2n) is 4.64. The first kappa shape index (κ1) is 14.7. The Balaban J connectivity index is 1.81. The zero-order valence-corrected chi connectivity index (χ0v) is 13.5. The molecule has 2 aromatic rings. The number of thiazole rings is 1. The van der Waals surface area contributed by atoms with E-state index < -0.39 is 10.0 Å². The zero-order valence-electron chi connectivity index (χ0n) is 11.1. The Morgan fingerprint density at radius 3 is 2.57 bits per heavy atom. The molecule has 1 aliphatic rings. The lowest BCUT2D eigenvalue weighted by atomic mass is 10.0. The Morgan fingerprint density at radius 1 is 1.24 bits per heavy atom. The standard InChI is InChI=1S/C14H13ClN2O2S2/c15-14-16-10-13(20-14)21(18,19)17-8-6-12(7-9-17)11-4-2-1-3-5-11/h1-6,10H,7-9H2. The molecule has 0 aliphatic carbocycles. The first-order valence-corrected chi connectivity index (χ1v) is 9.07. The molecule has 0 amide bonds. The Bertz CT molecular complexity index is 769. The van der Waals surface area contributed by atoms with Gasteiger partial charge in [0.05, 0.1) is 6.20 Å². The van der Waals surface area contributed by atoms with Crippen LogP contribution in [0.3, 0.4) is 0 Å². The van der Waals surface area contributed by atoms with Crippen molar-refractivity contribution in [2.45, 2.75) is 10.6 Å². The summed E-state index contributed by atoms with van der Waals surface area (Å²) in [4.78, 5) is 3.80. The maximum atomic E-state index is 12.5. The van der Waals surface area contributed by atoms with Crippen molar-refractivity contribution in [3.05, 3.63) is 52.6 Å².